The predicted octanol–water partition coefficient (Wildman–Crippen LogP) is 8.06. The number of pyridine rings is 1. The van der Waals surface area contributed by atoms with Gasteiger partial charge in [-0.05, 0) is 50.5 Å². The maximum atomic E-state index is 13.1. The summed E-state index contributed by atoms with van der Waals surface area (Å²) < 4.78 is 18.6. The Morgan fingerprint density at radius 2 is 1.68 bits per heavy atom. The van der Waals surface area contributed by atoms with Gasteiger partial charge in [-0.25, -0.2) is 9.67 Å². The van der Waals surface area contributed by atoms with Gasteiger partial charge in [0.05, 0.1) is 17.9 Å². The fraction of sp³-hybridized carbons (Fsp3) is 0.516. The van der Waals surface area contributed by atoms with E-state index in [4.69, 9.17) is 14.2 Å². The third-order valence-electron chi connectivity index (χ3n) is 5.81. The molecule has 1 aliphatic rings. The average molecular weight is 526 g/mol. The molecule has 0 amide bonds. The summed E-state index contributed by atoms with van der Waals surface area (Å²) in [6.45, 7) is 18.5. The molecule has 0 fully saturated rings. The lowest BCUT2D eigenvalue weighted by Crippen LogP contribution is -2.31. The fourth-order valence-electron chi connectivity index (χ4n) is 4.12. The Labute approximate surface area is 229 Å². The van der Waals surface area contributed by atoms with E-state index in [9.17, 15) is 4.79 Å². The predicted molar refractivity (Wildman–Crippen MR) is 157 cm³/mol. The van der Waals surface area contributed by atoms with Crippen LogP contribution in [0.3, 0.4) is 0 Å². The number of unbranched alkanes of at least 4 members (excludes halogenated alkanes) is 1. The minimum Gasteiger partial charge on any atom is -0.493 e. The third-order valence-corrected chi connectivity index (χ3v) is 5.81. The van der Waals surface area contributed by atoms with Crippen LogP contribution in [0, 0.1) is 13.8 Å². The first-order valence-electron chi connectivity index (χ1n) is 14.0. The van der Waals surface area contributed by atoms with Crippen LogP contribution >= 0.6 is 0 Å². The van der Waals surface area contributed by atoms with E-state index in [1.54, 1.807) is 13.3 Å². The van der Waals surface area contributed by atoms with Crippen molar-refractivity contribution in [1.82, 2.24) is 14.8 Å². The Morgan fingerprint density at radius 3 is 2.29 bits per heavy atom. The highest BCUT2D eigenvalue weighted by Crippen LogP contribution is 2.34. The summed E-state index contributed by atoms with van der Waals surface area (Å²) in [4.78, 5) is 17.4. The number of fused-ring (bicyclic) bond motifs is 1. The van der Waals surface area contributed by atoms with Gasteiger partial charge in [-0.3, -0.25) is 4.79 Å². The molecule has 0 saturated heterocycles. The first-order valence-corrected chi connectivity index (χ1v) is 14.0. The highest BCUT2D eigenvalue weighted by molar-refractivity contribution is 5.69. The van der Waals surface area contributed by atoms with Crippen LogP contribution in [0.4, 0.5) is 0 Å². The van der Waals surface area contributed by atoms with Crippen LogP contribution < -0.4 is 15.0 Å². The second-order valence-electron chi connectivity index (χ2n) is 7.99. The number of nitrogens with zero attached hydrogens (tertiary/aromatic N) is 3. The van der Waals surface area contributed by atoms with E-state index in [1.807, 2.05) is 85.7 Å². The maximum absolute atomic E-state index is 13.1. The number of hydrogen-bond acceptors (Lipinski definition) is 6. The molecule has 7 heteroatoms. The number of aryl methyl sites for hydroxylation is 1. The fourth-order valence-corrected chi connectivity index (χ4v) is 4.12. The second kappa shape index (κ2) is 17.3. The number of rotatable bonds is 8. The zero-order valence-electron chi connectivity index (χ0n) is 25.1. The summed E-state index contributed by atoms with van der Waals surface area (Å²) in [5.41, 5.74) is 4.07. The zero-order chi connectivity index (χ0) is 28.7. The largest absolute Gasteiger partial charge is 0.493 e. The molecule has 0 spiro atoms. The van der Waals surface area contributed by atoms with Gasteiger partial charge in [0.1, 0.15) is 11.5 Å². The third kappa shape index (κ3) is 7.90. The number of methoxy groups -OCH3 is 1. The molecule has 38 heavy (non-hydrogen) atoms. The van der Waals surface area contributed by atoms with Crippen molar-refractivity contribution in [3.05, 3.63) is 63.7 Å². The van der Waals surface area contributed by atoms with E-state index >= 15 is 0 Å². The summed E-state index contributed by atoms with van der Waals surface area (Å²) >= 11 is 0. The molecule has 0 radical (unpaired) electrons. The minimum atomic E-state index is -0.353. The van der Waals surface area contributed by atoms with Crippen molar-refractivity contribution in [2.45, 2.75) is 94.2 Å². The van der Waals surface area contributed by atoms with Gasteiger partial charge in [-0.2, -0.15) is 5.10 Å². The SMILES string of the molecule is CC.CC.CC.CCCCC(OC)n1nc(C)c(-c2ccc(Oc3nccc4c3CCO4)cc2)c(C)c1=O. The van der Waals surface area contributed by atoms with Crippen LogP contribution in [0.25, 0.3) is 11.1 Å². The number of benzene rings is 1. The lowest BCUT2D eigenvalue weighted by Gasteiger charge is -2.20. The Kier molecular flexibility index (Phi) is 15.0. The molecule has 0 bridgehead atoms. The maximum Gasteiger partial charge on any atom is 0.272 e. The molecule has 3 aromatic rings. The number of aromatic nitrogens is 3. The summed E-state index contributed by atoms with van der Waals surface area (Å²) in [6.07, 6.45) is 4.89. The summed E-state index contributed by atoms with van der Waals surface area (Å²) in [6, 6.07) is 9.52. The van der Waals surface area contributed by atoms with Crippen molar-refractivity contribution in [3.8, 4) is 28.5 Å². The van der Waals surface area contributed by atoms with E-state index < -0.39 is 0 Å². The van der Waals surface area contributed by atoms with Crippen molar-refractivity contribution < 1.29 is 14.2 Å². The summed E-state index contributed by atoms with van der Waals surface area (Å²) in [5, 5.41) is 4.59. The molecular weight excluding hydrogens is 478 g/mol. The number of ether oxygens (including phenoxy) is 3. The van der Waals surface area contributed by atoms with Crippen molar-refractivity contribution in [2.75, 3.05) is 13.7 Å². The second-order valence-corrected chi connectivity index (χ2v) is 7.99. The van der Waals surface area contributed by atoms with Gasteiger partial charge in [0.25, 0.3) is 5.56 Å². The molecule has 1 unspecified atom stereocenters. The van der Waals surface area contributed by atoms with E-state index in [1.165, 1.54) is 4.68 Å². The molecule has 2 aromatic heterocycles. The Hall–Kier alpha value is -3.19. The van der Waals surface area contributed by atoms with Gasteiger partial charge in [-0.15, -0.1) is 0 Å². The smallest absolute Gasteiger partial charge is 0.272 e. The molecule has 1 aliphatic heterocycles. The molecule has 0 saturated carbocycles. The van der Waals surface area contributed by atoms with Crippen LogP contribution in [0.5, 0.6) is 17.4 Å². The zero-order valence-corrected chi connectivity index (χ0v) is 25.1. The Bertz CT molecular complexity index is 1160. The van der Waals surface area contributed by atoms with Crippen LogP contribution in [-0.4, -0.2) is 28.5 Å². The van der Waals surface area contributed by atoms with Gasteiger partial charge in [0.15, 0.2) is 6.23 Å². The number of hydrogen-bond donors (Lipinski definition) is 0. The lowest BCUT2D eigenvalue weighted by molar-refractivity contribution is 0.0207. The van der Waals surface area contributed by atoms with Gasteiger partial charge in [0.2, 0.25) is 5.88 Å². The molecule has 3 heterocycles. The summed E-state index contributed by atoms with van der Waals surface area (Å²) in [5.74, 6) is 2.08. The van der Waals surface area contributed by atoms with Gasteiger partial charge in [0, 0.05) is 30.9 Å². The van der Waals surface area contributed by atoms with Crippen LogP contribution in [0.2, 0.25) is 0 Å². The van der Waals surface area contributed by atoms with E-state index in [2.05, 4.69) is 17.0 Å². The molecule has 0 N–H and O–H groups in total. The molecule has 4 rings (SSSR count). The molecule has 7 nitrogen and oxygen atoms in total. The van der Waals surface area contributed by atoms with Crippen LogP contribution in [0.15, 0.2) is 41.3 Å². The standard InChI is InChI=1S/C25H29N3O4.3C2H6/c1-5-6-7-22(30-4)28-25(29)16(2)23(17(3)27-28)18-8-10-19(11-9-18)32-24-20-13-15-31-21(20)12-14-26-24;3*1-2/h8-12,14,22H,5-7,13,15H2,1-4H3;3*1-2H3. The van der Waals surface area contributed by atoms with E-state index in [0.29, 0.717) is 23.8 Å². The molecular formula is C31H47N3O4. The monoisotopic (exact) mass is 525 g/mol. The van der Waals surface area contributed by atoms with Gasteiger partial charge >= 0.3 is 0 Å². The topological polar surface area (TPSA) is 75.5 Å². The first-order chi connectivity index (χ1) is 18.5. The van der Waals surface area contributed by atoms with Crippen molar-refractivity contribution in [2.24, 2.45) is 0 Å². The molecule has 1 aromatic carbocycles. The lowest BCUT2D eigenvalue weighted by atomic mass is 10.0. The Morgan fingerprint density at radius 1 is 1.03 bits per heavy atom. The van der Waals surface area contributed by atoms with Crippen molar-refractivity contribution >= 4 is 0 Å². The normalized spacial score (nSPS) is 11.8. The average Bonchev–Trinajstić information content (AvgIpc) is 3.46. The Balaban J connectivity index is 0.00000112. The highest BCUT2D eigenvalue weighted by atomic mass is 16.5. The van der Waals surface area contributed by atoms with Gasteiger partial charge < -0.3 is 14.2 Å². The molecule has 0 aliphatic carbocycles. The van der Waals surface area contributed by atoms with Crippen molar-refractivity contribution in [3.63, 3.8) is 0 Å². The minimum absolute atomic E-state index is 0.127. The van der Waals surface area contributed by atoms with Gasteiger partial charge in [-0.1, -0.05) is 67.0 Å². The summed E-state index contributed by atoms with van der Waals surface area (Å²) in [7, 11) is 1.62. The molecule has 1 atom stereocenters. The quantitative estimate of drug-likeness (QED) is 0.296. The van der Waals surface area contributed by atoms with Crippen molar-refractivity contribution in [1.29, 1.82) is 0 Å². The first kappa shape index (κ1) is 32.8. The van der Waals surface area contributed by atoms with E-state index in [-0.39, 0.29) is 11.8 Å². The van der Waals surface area contributed by atoms with Crippen LogP contribution in [-0.2, 0) is 11.2 Å². The highest BCUT2D eigenvalue weighted by Gasteiger charge is 2.20. The molecule has 210 valence electrons. The van der Waals surface area contributed by atoms with E-state index in [0.717, 1.165) is 53.8 Å². The van der Waals surface area contributed by atoms with Crippen LogP contribution in [0.1, 0.15) is 90.8 Å².